The Labute approximate surface area is 118 Å². The van der Waals surface area contributed by atoms with Crippen LogP contribution in [-0.2, 0) is 0 Å². The molecule has 0 amide bonds. The minimum Gasteiger partial charge on any atom is -0.0843 e. The molecule has 0 aliphatic rings. The Kier molecular flexibility index (Phi) is 6.78. The number of benzene rings is 1. The maximum absolute atomic E-state index is 6.01. The fourth-order valence-electron chi connectivity index (χ4n) is 3.21. The third-order valence-corrected chi connectivity index (χ3v) is 4.62. The lowest BCUT2D eigenvalue weighted by atomic mass is 9.72. The number of hydrogen-bond donors (Lipinski definition) is 0. The van der Waals surface area contributed by atoms with E-state index in [1.165, 1.54) is 31.2 Å². The molecule has 0 heterocycles. The van der Waals surface area contributed by atoms with Crippen LogP contribution in [0.4, 0.5) is 0 Å². The summed E-state index contributed by atoms with van der Waals surface area (Å²) in [6.45, 7) is 9.28. The second kappa shape index (κ2) is 7.84. The van der Waals surface area contributed by atoms with E-state index in [1.807, 2.05) is 12.1 Å². The summed E-state index contributed by atoms with van der Waals surface area (Å²) >= 11 is 6.01. The topological polar surface area (TPSA) is 0 Å². The second-order valence-electron chi connectivity index (χ2n) is 5.23. The van der Waals surface area contributed by atoms with Crippen LogP contribution in [-0.4, -0.2) is 0 Å². The molecule has 1 aromatic carbocycles. The molecule has 0 spiro atoms. The highest BCUT2D eigenvalue weighted by Crippen LogP contribution is 2.39. The van der Waals surface area contributed by atoms with Crippen molar-refractivity contribution in [1.29, 1.82) is 0 Å². The van der Waals surface area contributed by atoms with E-state index in [1.54, 1.807) is 0 Å². The maximum Gasteiger partial charge on any atom is 0.0406 e. The molecule has 0 saturated heterocycles. The van der Waals surface area contributed by atoms with Crippen molar-refractivity contribution in [3.8, 4) is 0 Å². The third-order valence-electron chi connectivity index (χ3n) is 4.37. The van der Waals surface area contributed by atoms with Crippen LogP contribution in [0, 0.1) is 11.8 Å². The highest BCUT2D eigenvalue weighted by atomic mass is 35.5. The quantitative estimate of drug-likeness (QED) is 0.544. The van der Waals surface area contributed by atoms with Gasteiger partial charge in [-0.25, -0.2) is 0 Å². The highest BCUT2D eigenvalue weighted by molar-refractivity contribution is 6.30. The lowest BCUT2D eigenvalue weighted by Gasteiger charge is -2.32. The summed E-state index contributed by atoms with van der Waals surface area (Å²) in [5, 5.41) is 0.839. The molecule has 0 N–H and O–H groups in total. The lowest BCUT2D eigenvalue weighted by Crippen LogP contribution is -2.20. The van der Waals surface area contributed by atoms with Gasteiger partial charge in [0.05, 0.1) is 0 Å². The SMILES string of the molecule is CCC(CC)C(c1ccc(Cl)cc1)C(CC)CC. The fourth-order valence-corrected chi connectivity index (χ4v) is 3.33. The summed E-state index contributed by atoms with van der Waals surface area (Å²) in [7, 11) is 0. The van der Waals surface area contributed by atoms with Gasteiger partial charge in [-0.1, -0.05) is 77.1 Å². The number of halogens is 1. The average Bonchev–Trinajstić information content (AvgIpc) is 2.40. The molecule has 0 aromatic heterocycles. The van der Waals surface area contributed by atoms with Crippen molar-refractivity contribution in [2.75, 3.05) is 0 Å². The van der Waals surface area contributed by atoms with Crippen LogP contribution < -0.4 is 0 Å². The first-order valence-electron chi connectivity index (χ1n) is 7.43. The molecular formula is C17H27Cl. The molecule has 1 rings (SSSR count). The Morgan fingerprint density at radius 1 is 0.778 bits per heavy atom. The Morgan fingerprint density at radius 3 is 1.50 bits per heavy atom. The molecule has 1 aromatic rings. The largest absolute Gasteiger partial charge is 0.0843 e. The molecule has 0 atom stereocenters. The molecule has 0 saturated carbocycles. The molecule has 0 radical (unpaired) electrons. The fraction of sp³-hybridized carbons (Fsp3) is 0.647. The third kappa shape index (κ3) is 3.75. The van der Waals surface area contributed by atoms with Gasteiger partial charge in [-0.05, 0) is 35.4 Å². The molecule has 0 fully saturated rings. The number of hydrogen-bond acceptors (Lipinski definition) is 0. The van der Waals surface area contributed by atoms with Crippen LogP contribution in [0.3, 0.4) is 0 Å². The zero-order chi connectivity index (χ0) is 13.5. The van der Waals surface area contributed by atoms with Gasteiger partial charge in [-0.3, -0.25) is 0 Å². The van der Waals surface area contributed by atoms with E-state index in [2.05, 4.69) is 39.8 Å². The van der Waals surface area contributed by atoms with Crippen LogP contribution in [0.2, 0.25) is 5.02 Å². The molecule has 1 heteroatoms. The summed E-state index contributed by atoms with van der Waals surface area (Å²) in [4.78, 5) is 0. The van der Waals surface area contributed by atoms with Gasteiger partial charge in [0.1, 0.15) is 0 Å². The molecular weight excluding hydrogens is 240 g/mol. The predicted octanol–water partition coefficient (Wildman–Crippen LogP) is 6.30. The minimum absolute atomic E-state index is 0.687. The molecule has 0 nitrogen and oxygen atoms in total. The van der Waals surface area contributed by atoms with Gasteiger partial charge in [0, 0.05) is 5.02 Å². The van der Waals surface area contributed by atoms with Crippen LogP contribution in [0.15, 0.2) is 24.3 Å². The Bertz CT molecular complexity index is 308. The zero-order valence-electron chi connectivity index (χ0n) is 12.2. The minimum atomic E-state index is 0.687. The first-order chi connectivity index (χ1) is 8.67. The van der Waals surface area contributed by atoms with E-state index >= 15 is 0 Å². The van der Waals surface area contributed by atoms with Crippen molar-refractivity contribution in [3.05, 3.63) is 34.9 Å². The molecule has 0 aliphatic carbocycles. The van der Waals surface area contributed by atoms with E-state index < -0.39 is 0 Å². The zero-order valence-corrected chi connectivity index (χ0v) is 13.0. The maximum atomic E-state index is 6.01. The van der Waals surface area contributed by atoms with Crippen molar-refractivity contribution in [3.63, 3.8) is 0 Å². The second-order valence-corrected chi connectivity index (χ2v) is 5.67. The molecule has 0 unspecified atom stereocenters. The van der Waals surface area contributed by atoms with E-state index in [0.29, 0.717) is 5.92 Å². The van der Waals surface area contributed by atoms with Crippen LogP contribution >= 0.6 is 11.6 Å². The Hall–Kier alpha value is -0.490. The van der Waals surface area contributed by atoms with Crippen LogP contribution in [0.25, 0.3) is 0 Å². The average molecular weight is 267 g/mol. The van der Waals surface area contributed by atoms with Gasteiger partial charge >= 0.3 is 0 Å². The van der Waals surface area contributed by atoms with Crippen molar-refractivity contribution in [2.24, 2.45) is 11.8 Å². The van der Waals surface area contributed by atoms with Gasteiger partial charge in [0.15, 0.2) is 0 Å². The van der Waals surface area contributed by atoms with Crippen LogP contribution in [0.1, 0.15) is 64.9 Å². The summed E-state index contributed by atoms with van der Waals surface area (Å²) < 4.78 is 0. The van der Waals surface area contributed by atoms with E-state index in [9.17, 15) is 0 Å². The normalized spacial score (nSPS) is 11.8. The lowest BCUT2D eigenvalue weighted by molar-refractivity contribution is 0.279. The predicted molar refractivity (Wildman–Crippen MR) is 82.3 cm³/mol. The molecule has 102 valence electrons. The van der Waals surface area contributed by atoms with E-state index in [-0.39, 0.29) is 0 Å². The van der Waals surface area contributed by atoms with E-state index in [0.717, 1.165) is 16.9 Å². The summed E-state index contributed by atoms with van der Waals surface area (Å²) in [5.41, 5.74) is 1.47. The molecule has 0 aliphatic heterocycles. The van der Waals surface area contributed by atoms with E-state index in [4.69, 9.17) is 11.6 Å². The summed E-state index contributed by atoms with van der Waals surface area (Å²) in [5.74, 6) is 2.26. The molecule has 0 bridgehead atoms. The first-order valence-corrected chi connectivity index (χ1v) is 7.81. The smallest absolute Gasteiger partial charge is 0.0406 e. The van der Waals surface area contributed by atoms with Gasteiger partial charge in [-0.2, -0.15) is 0 Å². The van der Waals surface area contributed by atoms with Crippen LogP contribution in [0.5, 0.6) is 0 Å². The molecule has 18 heavy (non-hydrogen) atoms. The highest BCUT2D eigenvalue weighted by Gasteiger charge is 2.26. The Morgan fingerprint density at radius 2 is 1.17 bits per heavy atom. The first kappa shape index (κ1) is 15.6. The van der Waals surface area contributed by atoms with Gasteiger partial charge in [0.2, 0.25) is 0 Å². The van der Waals surface area contributed by atoms with Gasteiger partial charge < -0.3 is 0 Å². The van der Waals surface area contributed by atoms with Gasteiger partial charge in [0.25, 0.3) is 0 Å². The van der Waals surface area contributed by atoms with Gasteiger partial charge in [-0.15, -0.1) is 0 Å². The number of rotatable bonds is 7. The van der Waals surface area contributed by atoms with Crippen molar-refractivity contribution < 1.29 is 0 Å². The van der Waals surface area contributed by atoms with Crippen molar-refractivity contribution in [1.82, 2.24) is 0 Å². The monoisotopic (exact) mass is 266 g/mol. The Balaban J connectivity index is 3.06. The van der Waals surface area contributed by atoms with Crippen molar-refractivity contribution >= 4 is 11.6 Å². The summed E-state index contributed by atoms with van der Waals surface area (Å²) in [6.07, 6.45) is 5.06. The van der Waals surface area contributed by atoms with Crippen molar-refractivity contribution in [2.45, 2.75) is 59.3 Å². The standard InChI is InChI=1S/C17H27Cl/c1-5-13(6-2)17(14(7-3)8-4)15-9-11-16(18)12-10-15/h9-14,17H,5-8H2,1-4H3. The summed E-state index contributed by atoms with van der Waals surface area (Å²) in [6, 6.07) is 8.52.